The smallest absolute Gasteiger partial charge is 0.198 e. The van der Waals surface area contributed by atoms with E-state index < -0.39 is 0 Å². The minimum atomic E-state index is 0.469. The van der Waals surface area contributed by atoms with Crippen molar-refractivity contribution < 1.29 is 0 Å². The Morgan fingerprint density at radius 1 is 1.38 bits per heavy atom. The molecule has 0 atom stereocenters. The average molecular weight is 177 g/mol. The lowest BCUT2D eigenvalue weighted by molar-refractivity contribution is 0.499. The highest BCUT2D eigenvalue weighted by atomic mass is 79.9. The van der Waals surface area contributed by atoms with Crippen LogP contribution < -0.4 is 5.73 Å². The van der Waals surface area contributed by atoms with E-state index >= 15 is 0 Å². The maximum absolute atomic E-state index is 5.66. The fourth-order valence-corrected chi connectivity index (χ4v) is 1.41. The third-order valence-electron chi connectivity index (χ3n) is 1.57. The van der Waals surface area contributed by atoms with Gasteiger partial charge in [-0.2, -0.15) is 0 Å². The van der Waals surface area contributed by atoms with Crippen molar-refractivity contribution in [2.75, 3.05) is 0 Å². The Hall–Kier alpha value is 0.310. The van der Waals surface area contributed by atoms with Gasteiger partial charge in [-0.1, -0.05) is 0 Å². The molecule has 0 unspecified atom stereocenters. The zero-order valence-electron chi connectivity index (χ0n) is 4.86. The van der Waals surface area contributed by atoms with E-state index in [1.807, 2.05) is 0 Å². The van der Waals surface area contributed by atoms with E-state index in [1.165, 1.54) is 30.5 Å². The maximum Gasteiger partial charge on any atom is 0.198 e. The van der Waals surface area contributed by atoms with Crippen molar-refractivity contribution in [2.24, 2.45) is 5.73 Å². The van der Waals surface area contributed by atoms with Crippen molar-refractivity contribution in [2.45, 2.75) is 31.7 Å². The van der Waals surface area contributed by atoms with Gasteiger partial charge in [0.1, 0.15) is 12.8 Å². The molecule has 0 radical (unpaired) electrons. The molecule has 0 heterocycles. The second-order valence-corrected chi connectivity index (χ2v) is 3.48. The second kappa shape index (κ2) is 2.74. The SMILES string of the molecule is NC1CC[C+](Br)CC1. The van der Waals surface area contributed by atoms with Gasteiger partial charge in [-0.05, 0) is 0 Å². The Bertz CT molecular complexity index is 56.9. The van der Waals surface area contributed by atoms with E-state index in [2.05, 4.69) is 15.9 Å². The number of halogens is 1. The predicted molar refractivity (Wildman–Crippen MR) is 38.6 cm³/mol. The van der Waals surface area contributed by atoms with E-state index in [0.717, 1.165) is 0 Å². The molecule has 0 aromatic rings. The van der Waals surface area contributed by atoms with Crippen LogP contribution in [0.15, 0.2) is 0 Å². The van der Waals surface area contributed by atoms with E-state index in [9.17, 15) is 0 Å². The number of nitrogens with two attached hydrogens (primary N) is 1. The van der Waals surface area contributed by atoms with Crippen molar-refractivity contribution in [1.82, 2.24) is 0 Å². The van der Waals surface area contributed by atoms with Crippen LogP contribution in [-0.2, 0) is 0 Å². The highest BCUT2D eigenvalue weighted by Crippen LogP contribution is 2.29. The van der Waals surface area contributed by atoms with Gasteiger partial charge in [0.15, 0.2) is 20.8 Å². The first-order valence-electron chi connectivity index (χ1n) is 3.05. The van der Waals surface area contributed by atoms with Crippen molar-refractivity contribution >= 4 is 15.9 Å². The second-order valence-electron chi connectivity index (χ2n) is 2.35. The number of hydrogen-bond donors (Lipinski definition) is 1. The Morgan fingerprint density at radius 2 is 1.88 bits per heavy atom. The summed E-state index contributed by atoms with van der Waals surface area (Å²) in [5.74, 6) is 0. The van der Waals surface area contributed by atoms with Crippen LogP contribution in [0.2, 0.25) is 0 Å². The van der Waals surface area contributed by atoms with Crippen molar-refractivity contribution in [3.05, 3.63) is 4.83 Å². The lowest BCUT2D eigenvalue weighted by atomic mass is 9.96. The lowest BCUT2D eigenvalue weighted by Crippen LogP contribution is -2.24. The first-order chi connectivity index (χ1) is 3.79. The molecular formula is C6H11BrN+. The first kappa shape index (κ1) is 6.43. The van der Waals surface area contributed by atoms with Crippen molar-refractivity contribution in [1.29, 1.82) is 0 Å². The van der Waals surface area contributed by atoms with Gasteiger partial charge < -0.3 is 5.73 Å². The highest BCUT2D eigenvalue weighted by Gasteiger charge is 2.24. The normalized spacial score (nSPS) is 24.0. The molecule has 0 aromatic carbocycles. The molecule has 1 aliphatic carbocycles. The first-order valence-corrected chi connectivity index (χ1v) is 3.84. The molecule has 8 heavy (non-hydrogen) atoms. The van der Waals surface area contributed by atoms with Crippen LogP contribution in [0.4, 0.5) is 0 Å². The summed E-state index contributed by atoms with van der Waals surface area (Å²) < 4.78 is 0. The van der Waals surface area contributed by atoms with E-state index in [0.29, 0.717) is 6.04 Å². The van der Waals surface area contributed by atoms with E-state index in [-0.39, 0.29) is 0 Å². The van der Waals surface area contributed by atoms with E-state index in [1.54, 1.807) is 0 Å². The molecule has 0 aromatic heterocycles. The zero-order valence-corrected chi connectivity index (χ0v) is 6.45. The fourth-order valence-electron chi connectivity index (χ4n) is 0.953. The predicted octanol–water partition coefficient (Wildman–Crippen LogP) is 1.81. The van der Waals surface area contributed by atoms with Gasteiger partial charge in [-0.15, -0.1) is 0 Å². The van der Waals surface area contributed by atoms with Gasteiger partial charge in [0.2, 0.25) is 0 Å². The molecule has 0 bridgehead atoms. The molecule has 46 valence electrons. The fraction of sp³-hybridized carbons (Fsp3) is 0.833. The molecule has 0 spiro atoms. The Morgan fingerprint density at radius 3 is 2.25 bits per heavy atom. The van der Waals surface area contributed by atoms with Gasteiger partial charge in [-0.3, -0.25) is 0 Å². The van der Waals surface area contributed by atoms with E-state index in [4.69, 9.17) is 5.73 Å². The maximum atomic E-state index is 5.66. The molecule has 1 nitrogen and oxygen atoms in total. The largest absolute Gasteiger partial charge is 0.327 e. The Balaban J connectivity index is 2.19. The van der Waals surface area contributed by atoms with Crippen molar-refractivity contribution in [3.63, 3.8) is 0 Å². The molecule has 1 aliphatic rings. The molecule has 2 heteroatoms. The topological polar surface area (TPSA) is 26.0 Å². The van der Waals surface area contributed by atoms with Gasteiger partial charge >= 0.3 is 0 Å². The summed E-state index contributed by atoms with van der Waals surface area (Å²) in [6.07, 6.45) is 4.70. The minimum Gasteiger partial charge on any atom is -0.327 e. The minimum absolute atomic E-state index is 0.469. The standard InChI is InChI=1S/C6H11BrN/c7-5-1-3-6(8)4-2-5/h6H,1-4,8H2/q+1. The summed E-state index contributed by atoms with van der Waals surface area (Å²) in [5.41, 5.74) is 5.66. The number of hydrogen-bond acceptors (Lipinski definition) is 1. The molecule has 0 saturated heterocycles. The van der Waals surface area contributed by atoms with Crippen LogP contribution in [0.5, 0.6) is 0 Å². The molecule has 1 saturated carbocycles. The van der Waals surface area contributed by atoms with Gasteiger partial charge in [0.25, 0.3) is 0 Å². The molecule has 1 fully saturated rings. The van der Waals surface area contributed by atoms with Crippen molar-refractivity contribution in [3.8, 4) is 0 Å². The summed E-state index contributed by atoms with van der Waals surface area (Å²) in [5, 5.41) is 0. The molecule has 0 aliphatic heterocycles. The van der Waals surface area contributed by atoms with Crippen LogP contribution in [0.3, 0.4) is 0 Å². The summed E-state index contributed by atoms with van der Waals surface area (Å²) in [7, 11) is 0. The summed E-state index contributed by atoms with van der Waals surface area (Å²) in [6, 6.07) is 0.469. The highest BCUT2D eigenvalue weighted by molar-refractivity contribution is 9.11. The summed E-state index contributed by atoms with van der Waals surface area (Å²) in [4.78, 5) is 1.44. The molecule has 1 rings (SSSR count). The van der Waals surface area contributed by atoms with Gasteiger partial charge in [0, 0.05) is 18.9 Å². The zero-order chi connectivity index (χ0) is 5.98. The third kappa shape index (κ3) is 1.67. The quantitative estimate of drug-likeness (QED) is 0.561. The van der Waals surface area contributed by atoms with Crippen LogP contribution in [-0.4, -0.2) is 6.04 Å². The monoisotopic (exact) mass is 176 g/mol. The summed E-state index contributed by atoms with van der Waals surface area (Å²) >= 11 is 3.48. The Labute approximate surface area is 58.8 Å². The molecular weight excluding hydrogens is 166 g/mol. The van der Waals surface area contributed by atoms with Gasteiger partial charge in [0.05, 0.1) is 0 Å². The lowest BCUT2D eigenvalue weighted by Gasteiger charge is -2.12. The summed E-state index contributed by atoms with van der Waals surface area (Å²) in [6.45, 7) is 0. The van der Waals surface area contributed by atoms with Crippen LogP contribution in [0, 0.1) is 4.83 Å². The van der Waals surface area contributed by atoms with Gasteiger partial charge in [-0.25, -0.2) is 0 Å². The average Bonchev–Trinajstić information content (AvgIpc) is 1.77. The van der Waals surface area contributed by atoms with Crippen LogP contribution >= 0.6 is 15.9 Å². The number of rotatable bonds is 0. The van der Waals surface area contributed by atoms with Crippen LogP contribution in [0.1, 0.15) is 25.7 Å². The molecule has 0 amide bonds. The Kier molecular flexibility index (Phi) is 2.20. The third-order valence-corrected chi connectivity index (χ3v) is 2.37. The molecule has 2 N–H and O–H groups in total. The van der Waals surface area contributed by atoms with Crippen LogP contribution in [0.25, 0.3) is 0 Å².